The Kier molecular flexibility index (Phi) is 8.70. The molecule has 0 saturated carbocycles. The number of hydrogen-bond donors (Lipinski definition) is 2. The lowest BCUT2D eigenvalue weighted by molar-refractivity contribution is -0.116. The van der Waals surface area contributed by atoms with E-state index in [9.17, 15) is 9.59 Å². The normalized spacial score (nSPS) is 12.2. The Hall–Kier alpha value is -3.02. The van der Waals surface area contributed by atoms with Gasteiger partial charge in [0.2, 0.25) is 11.8 Å². The SMILES string of the molecule is CCCCC(CC(=O)Nc1cc(C(N)=O)ccc1C(C)(C)C)c1ccc(OC)cc1OC. The number of carbonyl (C=O) groups is 2. The third kappa shape index (κ3) is 6.49. The lowest BCUT2D eigenvalue weighted by Crippen LogP contribution is -2.22. The topological polar surface area (TPSA) is 90.7 Å². The van der Waals surface area contributed by atoms with E-state index in [1.165, 1.54) is 0 Å². The molecule has 0 aliphatic rings. The van der Waals surface area contributed by atoms with Gasteiger partial charge in [0.05, 0.1) is 14.2 Å². The first-order chi connectivity index (χ1) is 15.1. The van der Waals surface area contributed by atoms with Crippen molar-refractivity contribution in [2.45, 2.75) is 64.7 Å². The Bertz CT molecular complexity index is 947. The summed E-state index contributed by atoms with van der Waals surface area (Å²) in [5, 5.41) is 3.04. The highest BCUT2D eigenvalue weighted by Gasteiger charge is 2.23. The molecule has 0 aliphatic carbocycles. The van der Waals surface area contributed by atoms with Crippen LogP contribution in [-0.4, -0.2) is 26.0 Å². The van der Waals surface area contributed by atoms with Crippen LogP contribution >= 0.6 is 0 Å². The van der Waals surface area contributed by atoms with Crippen LogP contribution in [0.1, 0.15) is 80.8 Å². The van der Waals surface area contributed by atoms with Gasteiger partial charge in [-0.15, -0.1) is 0 Å². The summed E-state index contributed by atoms with van der Waals surface area (Å²) in [7, 11) is 3.24. The summed E-state index contributed by atoms with van der Waals surface area (Å²) < 4.78 is 10.9. The van der Waals surface area contributed by atoms with Crippen molar-refractivity contribution in [1.82, 2.24) is 0 Å². The molecule has 0 aliphatic heterocycles. The zero-order valence-corrected chi connectivity index (χ0v) is 20.1. The molecular weight excluding hydrogens is 404 g/mol. The third-order valence-corrected chi connectivity index (χ3v) is 5.60. The molecule has 32 heavy (non-hydrogen) atoms. The van der Waals surface area contributed by atoms with Gasteiger partial charge in [-0.05, 0) is 47.1 Å². The number of methoxy groups -OCH3 is 2. The fourth-order valence-corrected chi connectivity index (χ4v) is 3.85. The molecule has 0 radical (unpaired) electrons. The second-order valence-electron chi connectivity index (χ2n) is 9.07. The van der Waals surface area contributed by atoms with Crippen molar-refractivity contribution in [2.75, 3.05) is 19.5 Å². The van der Waals surface area contributed by atoms with Crippen molar-refractivity contribution in [1.29, 1.82) is 0 Å². The average Bonchev–Trinajstić information content (AvgIpc) is 2.75. The molecule has 0 bridgehead atoms. The molecule has 6 heteroatoms. The molecule has 1 atom stereocenters. The van der Waals surface area contributed by atoms with E-state index in [1.54, 1.807) is 26.4 Å². The predicted octanol–water partition coefficient (Wildman–Crippen LogP) is 5.40. The van der Waals surface area contributed by atoms with Crippen LogP contribution in [0.25, 0.3) is 0 Å². The van der Waals surface area contributed by atoms with Gasteiger partial charge < -0.3 is 20.5 Å². The molecular formula is C26H36N2O4. The Morgan fingerprint density at radius 1 is 1.06 bits per heavy atom. The van der Waals surface area contributed by atoms with Gasteiger partial charge in [-0.1, -0.05) is 52.7 Å². The highest BCUT2D eigenvalue weighted by atomic mass is 16.5. The molecule has 2 amide bonds. The number of unbranched alkanes of at least 4 members (excludes halogenated alkanes) is 1. The number of nitrogens with two attached hydrogens (primary N) is 1. The van der Waals surface area contributed by atoms with E-state index in [-0.39, 0.29) is 17.2 Å². The maximum Gasteiger partial charge on any atom is 0.248 e. The Morgan fingerprint density at radius 3 is 2.34 bits per heavy atom. The molecule has 0 heterocycles. The van der Waals surface area contributed by atoms with Crippen LogP contribution in [-0.2, 0) is 10.2 Å². The molecule has 2 aromatic carbocycles. The van der Waals surface area contributed by atoms with Crippen molar-refractivity contribution in [3.05, 3.63) is 53.1 Å². The van der Waals surface area contributed by atoms with Crippen molar-refractivity contribution >= 4 is 17.5 Å². The molecule has 6 nitrogen and oxygen atoms in total. The van der Waals surface area contributed by atoms with E-state index in [0.29, 0.717) is 29.2 Å². The maximum atomic E-state index is 13.1. The molecule has 2 aromatic rings. The fourth-order valence-electron chi connectivity index (χ4n) is 3.85. The second kappa shape index (κ2) is 11.0. The van der Waals surface area contributed by atoms with E-state index >= 15 is 0 Å². The first-order valence-corrected chi connectivity index (χ1v) is 11.1. The predicted molar refractivity (Wildman–Crippen MR) is 129 cm³/mol. The minimum atomic E-state index is -0.523. The zero-order chi connectivity index (χ0) is 23.9. The van der Waals surface area contributed by atoms with E-state index < -0.39 is 5.91 Å². The van der Waals surface area contributed by atoms with Gasteiger partial charge >= 0.3 is 0 Å². The molecule has 0 fully saturated rings. The summed E-state index contributed by atoms with van der Waals surface area (Å²) in [4.78, 5) is 24.8. The fraction of sp³-hybridized carbons (Fsp3) is 0.462. The zero-order valence-electron chi connectivity index (χ0n) is 20.1. The van der Waals surface area contributed by atoms with Gasteiger partial charge in [-0.3, -0.25) is 9.59 Å². The molecule has 0 spiro atoms. The van der Waals surface area contributed by atoms with Gasteiger partial charge in [0.25, 0.3) is 0 Å². The molecule has 1 unspecified atom stereocenters. The average molecular weight is 441 g/mol. The Morgan fingerprint density at radius 2 is 1.78 bits per heavy atom. The number of hydrogen-bond acceptors (Lipinski definition) is 4. The van der Waals surface area contributed by atoms with Crippen LogP contribution in [0.5, 0.6) is 11.5 Å². The van der Waals surface area contributed by atoms with Gasteiger partial charge in [0.15, 0.2) is 0 Å². The van der Waals surface area contributed by atoms with Gasteiger partial charge in [0.1, 0.15) is 11.5 Å². The van der Waals surface area contributed by atoms with Crippen LogP contribution < -0.4 is 20.5 Å². The molecule has 2 rings (SSSR count). The summed E-state index contributed by atoms with van der Waals surface area (Å²) in [5.41, 5.74) is 8.18. The third-order valence-electron chi connectivity index (χ3n) is 5.60. The van der Waals surface area contributed by atoms with Crippen LogP contribution in [0.3, 0.4) is 0 Å². The van der Waals surface area contributed by atoms with Crippen LogP contribution in [0.2, 0.25) is 0 Å². The first kappa shape index (κ1) is 25.2. The van der Waals surface area contributed by atoms with Gasteiger partial charge in [0, 0.05) is 23.7 Å². The highest BCUT2D eigenvalue weighted by molar-refractivity contribution is 5.97. The minimum Gasteiger partial charge on any atom is -0.497 e. The Balaban J connectivity index is 2.34. The van der Waals surface area contributed by atoms with Crippen LogP contribution in [0.15, 0.2) is 36.4 Å². The summed E-state index contributed by atoms with van der Waals surface area (Å²) in [6, 6.07) is 10.9. The number of amides is 2. The summed E-state index contributed by atoms with van der Waals surface area (Å²) in [5.74, 6) is 0.779. The second-order valence-corrected chi connectivity index (χ2v) is 9.07. The van der Waals surface area contributed by atoms with E-state index in [0.717, 1.165) is 30.4 Å². The quantitative estimate of drug-likeness (QED) is 0.517. The molecule has 3 N–H and O–H groups in total. The number of carbonyl (C=O) groups excluding carboxylic acids is 2. The molecule has 0 aromatic heterocycles. The number of benzene rings is 2. The monoisotopic (exact) mass is 440 g/mol. The number of ether oxygens (including phenoxy) is 2. The van der Waals surface area contributed by atoms with Gasteiger partial charge in [-0.25, -0.2) is 0 Å². The summed E-state index contributed by atoms with van der Waals surface area (Å²) in [6.45, 7) is 8.32. The lowest BCUT2D eigenvalue weighted by atomic mass is 9.85. The van der Waals surface area contributed by atoms with E-state index in [2.05, 4.69) is 33.0 Å². The maximum absolute atomic E-state index is 13.1. The van der Waals surface area contributed by atoms with E-state index in [4.69, 9.17) is 15.2 Å². The number of rotatable bonds is 10. The number of anilines is 1. The van der Waals surface area contributed by atoms with Gasteiger partial charge in [-0.2, -0.15) is 0 Å². The van der Waals surface area contributed by atoms with Crippen LogP contribution in [0, 0.1) is 0 Å². The number of nitrogens with one attached hydrogen (secondary N) is 1. The van der Waals surface area contributed by atoms with Crippen molar-refractivity contribution < 1.29 is 19.1 Å². The largest absolute Gasteiger partial charge is 0.497 e. The van der Waals surface area contributed by atoms with E-state index in [1.807, 2.05) is 24.3 Å². The van der Waals surface area contributed by atoms with Crippen molar-refractivity contribution in [2.24, 2.45) is 5.73 Å². The Labute approximate surface area is 191 Å². The molecule has 174 valence electrons. The standard InChI is InChI=1S/C26H36N2O4/c1-7-8-9-17(20-12-11-19(31-5)16-23(20)32-6)15-24(29)28-22-14-18(25(27)30)10-13-21(22)26(2,3)4/h10-14,16-17H,7-9,15H2,1-6H3,(H2,27,30)(H,28,29). The summed E-state index contributed by atoms with van der Waals surface area (Å²) in [6.07, 6.45) is 3.19. The first-order valence-electron chi connectivity index (χ1n) is 11.1. The minimum absolute atomic E-state index is 0.00628. The molecule has 0 saturated heterocycles. The van der Waals surface area contributed by atoms with Crippen molar-refractivity contribution in [3.63, 3.8) is 0 Å². The van der Waals surface area contributed by atoms with Crippen molar-refractivity contribution in [3.8, 4) is 11.5 Å². The van der Waals surface area contributed by atoms with Crippen LogP contribution in [0.4, 0.5) is 5.69 Å². The highest BCUT2D eigenvalue weighted by Crippen LogP contribution is 2.36. The summed E-state index contributed by atoms with van der Waals surface area (Å²) >= 11 is 0. The number of primary amides is 1. The lowest BCUT2D eigenvalue weighted by Gasteiger charge is -2.25. The smallest absolute Gasteiger partial charge is 0.248 e.